The number of carboxylic acid groups (broad SMARTS) is 1. The average Bonchev–Trinajstić information content (AvgIpc) is 2.98. The van der Waals surface area contributed by atoms with Gasteiger partial charge in [-0.15, -0.1) is 0 Å². The Kier molecular flexibility index (Phi) is 11.9. The highest BCUT2D eigenvalue weighted by Gasteiger charge is 2.34. The summed E-state index contributed by atoms with van der Waals surface area (Å²) in [6.07, 6.45) is -0.721. The summed E-state index contributed by atoms with van der Waals surface area (Å²) < 4.78 is 19.8. The molecule has 3 aromatic carbocycles. The molecule has 11 heteroatoms. The lowest BCUT2D eigenvalue weighted by Crippen LogP contribution is -2.54. The number of Topliss-reactive ketones (excluding diaryl/α,β-unsaturated/α-hetero) is 1. The van der Waals surface area contributed by atoms with Gasteiger partial charge >= 0.3 is 5.97 Å². The third kappa shape index (κ3) is 9.44. The van der Waals surface area contributed by atoms with Gasteiger partial charge in [-0.25, -0.2) is 0 Å². The maximum Gasteiger partial charge on any atom is 0.305 e. The Morgan fingerprint density at radius 3 is 1.84 bits per heavy atom. The van der Waals surface area contributed by atoms with E-state index in [1.165, 1.54) is 0 Å². The second-order valence-corrected chi connectivity index (χ2v) is 13.1. The van der Waals surface area contributed by atoms with E-state index in [4.69, 9.17) is 4.52 Å². The summed E-state index contributed by atoms with van der Waals surface area (Å²) in [6.45, 7) is 3.43. The van der Waals surface area contributed by atoms with E-state index in [2.05, 4.69) is 10.6 Å². The first-order chi connectivity index (χ1) is 20.4. The largest absolute Gasteiger partial charge is 0.481 e. The van der Waals surface area contributed by atoms with Crippen LogP contribution in [0.2, 0.25) is 0 Å². The summed E-state index contributed by atoms with van der Waals surface area (Å²) in [5, 5.41) is 15.4. The summed E-state index contributed by atoms with van der Waals surface area (Å²) in [7, 11) is 0.147. The summed E-state index contributed by atoms with van der Waals surface area (Å²) >= 11 is 0. The maximum atomic E-state index is 14.1. The number of ketones is 1. The quantitative estimate of drug-likeness (QED) is 0.224. The van der Waals surface area contributed by atoms with Crippen LogP contribution in [0.4, 0.5) is 0 Å². The van der Waals surface area contributed by atoms with E-state index < -0.39 is 56.0 Å². The molecular weight excluding hydrogens is 569 g/mol. The normalized spacial score (nSPS) is 12.9. The van der Waals surface area contributed by atoms with Crippen molar-refractivity contribution in [3.05, 3.63) is 96.1 Å². The topological polar surface area (TPSA) is 142 Å². The summed E-state index contributed by atoms with van der Waals surface area (Å²) in [5.74, 6) is -3.68. The molecule has 228 valence electrons. The molecule has 2 amide bonds. The molecule has 0 aliphatic carbocycles. The number of hydrogen-bond donors (Lipinski definition) is 3. The van der Waals surface area contributed by atoms with Crippen LogP contribution in [0.25, 0.3) is 0 Å². The number of amides is 2. The Morgan fingerprint density at radius 1 is 0.837 bits per heavy atom. The Balaban J connectivity index is 1.75. The van der Waals surface area contributed by atoms with Gasteiger partial charge in [0.25, 0.3) is 13.3 Å². The van der Waals surface area contributed by atoms with Gasteiger partial charge in [-0.1, -0.05) is 62.4 Å². The van der Waals surface area contributed by atoms with Crippen molar-refractivity contribution in [1.82, 2.24) is 15.5 Å². The number of carboxylic acids is 1. The van der Waals surface area contributed by atoms with Crippen LogP contribution in [-0.2, 0) is 30.0 Å². The lowest BCUT2D eigenvalue weighted by atomic mass is 10.0. The lowest BCUT2D eigenvalue weighted by Gasteiger charge is -2.25. The Morgan fingerprint density at radius 2 is 1.37 bits per heavy atom. The minimum Gasteiger partial charge on any atom is -0.481 e. The zero-order valence-corrected chi connectivity index (χ0v) is 25.6. The number of nitrogens with one attached hydrogen (secondary N) is 2. The molecule has 0 fully saturated rings. The predicted octanol–water partition coefficient (Wildman–Crippen LogP) is 2.98. The van der Waals surface area contributed by atoms with Crippen LogP contribution in [0.15, 0.2) is 84.9 Å². The molecule has 3 rings (SSSR count). The van der Waals surface area contributed by atoms with Gasteiger partial charge in [0.05, 0.1) is 6.42 Å². The Bertz CT molecular complexity index is 1400. The van der Waals surface area contributed by atoms with Crippen LogP contribution in [0.3, 0.4) is 0 Å². The Hall–Kier alpha value is -4.11. The highest BCUT2D eigenvalue weighted by Crippen LogP contribution is 2.44. The molecule has 0 saturated heterocycles. The molecule has 0 aliphatic rings. The molecule has 3 N–H and O–H groups in total. The number of nitrogens with zero attached hydrogens (tertiary/aromatic N) is 1. The van der Waals surface area contributed by atoms with Crippen LogP contribution >= 0.6 is 7.37 Å². The minimum atomic E-state index is -3.73. The van der Waals surface area contributed by atoms with E-state index in [1.807, 2.05) is 31.1 Å². The fraction of sp³-hybridized carbons (Fsp3) is 0.312. The fourth-order valence-corrected chi connectivity index (χ4v) is 6.40. The van der Waals surface area contributed by atoms with E-state index >= 15 is 0 Å². The number of carbonyl (C=O) groups excluding carboxylic acids is 3. The van der Waals surface area contributed by atoms with Crippen molar-refractivity contribution in [1.29, 1.82) is 0 Å². The SMILES string of the molecule is CC(C)[C@H](NC(=O)c1ccc(CN(C)C)cc1)C(=O)N[C@@H](CC(=O)O)C(=O)COP(=O)(c1ccccc1)c1ccccc1. The molecular formula is C32H38N3O7P. The van der Waals surface area contributed by atoms with Crippen LogP contribution in [-0.4, -0.2) is 66.4 Å². The Labute approximate surface area is 251 Å². The molecule has 0 heterocycles. The highest BCUT2D eigenvalue weighted by atomic mass is 31.2. The number of hydrogen-bond acceptors (Lipinski definition) is 7. The minimum absolute atomic E-state index is 0.352. The van der Waals surface area contributed by atoms with Gasteiger partial charge in [-0.2, -0.15) is 0 Å². The second kappa shape index (κ2) is 15.4. The van der Waals surface area contributed by atoms with Gasteiger partial charge < -0.3 is 25.2 Å². The van der Waals surface area contributed by atoms with E-state index in [0.717, 1.165) is 5.56 Å². The van der Waals surface area contributed by atoms with Crippen molar-refractivity contribution in [2.45, 2.75) is 38.9 Å². The van der Waals surface area contributed by atoms with Gasteiger partial charge in [0, 0.05) is 22.7 Å². The van der Waals surface area contributed by atoms with Crippen molar-refractivity contribution >= 4 is 41.5 Å². The molecule has 0 aromatic heterocycles. The lowest BCUT2D eigenvalue weighted by molar-refractivity contribution is -0.140. The molecule has 0 bridgehead atoms. The zero-order valence-electron chi connectivity index (χ0n) is 24.7. The van der Waals surface area contributed by atoms with Crippen molar-refractivity contribution < 1.29 is 33.4 Å². The van der Waals surface area contributed by atoms with Gasteiger partial charge in [-0.05, 0) is 62.0 Å². The summed E-state index contributed by atoms with van der Waals surface area (Å²) in [6, 6.07) is 21.2. The molecule has 10 nitrogen and oxygen atoms in total. The van der Waals surface area contributed by atoms with Gasteiger partial charge in [0.1, 0.15) is 18.7 Å². The van der Waals surface area contributed by atoms with Gasteiger partial charge in [0.2, 0.25) is 5.91 Å². The monoisotopic (exact) mass is 607 g/mol. The van der Waals surface area contributed by atoms with Crippen molar-refractivity contribution in [2.75, 3.05) is 20.7 Å². The number of rotatable bonds is 15. The maximum absolute atomic E-state index is 14.1. The van der Waals surface area contributed by atoms with Crippen LogP contribution in [0.5, 0.6) is 0 Å². The van der Waals surface area contributed by atoms with Crippen molar-refractivity contribution in [3.63, 3.8) is 0 Å². The molecule has 0 spiro atoms. The molecule has 2 atom stereocenters. The first-order valence-corrected chi connectivity index (χ1v) is 15.5. The standard InChI is InChI=1S/C32H38N3O7P/c1-22(2)30(34-31(39)24-17-15-23(16-18-24)20-35(3)4)32(40)33-27(19-29(37)38)28(36)21-42-43(41,25-11-7-5-8-12-25)26-13-9-6-10-14-26/h5-18,22,27,30H,19-21H2,1-4H3,(H,33,40)(H,34,39)(H,37,38)/t27-,30-/m0/s1. The molecule has 0 saturated carbocycles. The van der Waals surface area contributed by atoms with Crippen molar-refractivity contribution in [3.8, 4) is 0 Å². The van der Waals surface area contributed by atoms with E-state index in [1.54, 1.807) is 86.6 Å². The third-order valence-electron chi connectivity index (χ3n) is 6.62. The molecule has 43 heavy (non-hydrogen) atoms. The predicted molar refractivity (Wildman–Crippen MR) is 165 cm³/mol. The second-order valence-electron chi connectivity index (χ2n) is 10.8. The van der Waals surface area contributed by atoms with Gasteiger partial charge in [-0.3, -0.25) is 23.7 Å². The van der Waals surface area contributed by atoms with E-state index in [9.17, 15) is 28.8 Å². The molecule has 3 aromatic rings. The molecule has 0 aliphatic heterocycles. The van der Waals surface area contributed by atoms with Crippen LogP contribution in [0.1, 0.15) is 36.2 Å². The van der Waals surface area contributed by atoms with Crippen LogP contribution < -0.4 is 21.2 Å². The number of carbonyl (C=O) groups is 4. The fourth-order valence-electron chi connectivity index (χ4n) is 4.37. The zero-order chi connectivity index (χ0) is 31.6. The van der Waals surface area contributed by atoms with E-state index in [0.29, 0.717) is 22.7 Å². The number of aliphatic carboxylic acids is 1. The molecule has 0 unspecified atom stereocenters. The highest BCUT2D eigenvalue weighted by molar-refractivity contribution is 7.74. The van der Waals surface area contributed by atoms with E-state index in [-0.39, 0.29) is 5.92 Å². The smallest absolute Gasteiger partial charge is 0.305 e. The average molecular weight is 608 g/mol. The first-order valence-electron chi connectivity index (χ1n) is 13.9. The third-order valence-corrected chi connectivity index (χ3v) is 9.06. The van der Waals surface area contributed by atoms with Crippen LogP contribution in [0, 0.1) is 5.92 Å². The summed E-state index contributed by atoms with van der Waals surface area (Å²) in [4.78, 5) is 53.1. The first kappa shape index (κ1) is 33.4. The molecule has 0 radical (unpaired) electrons. The van der Waals surface area contributed by atoms with Gasteiger partial charge in [0.15, 0.2) is 5.78 Å². The number of benzene rings is 3. The summed E-state index contributed by atoms with van der Waals surface area (Å²) in [5.41, 5.74) is 1.37. The van der Waals surface area contributed by atoms with Crippen molar-refractivity contribution in [2.24, 2.45) is 5.92 Å².